The minimum Gasteiger partial charge on any atom is -0.349 e. The summed E-state index contributed by atoms with van der Waals surface area (Å²) in [6, 6.07) is -0.170. The van der Waals surface area contributed by atoms with Gasteiger partial charge < -0.3 is 5.32 Å². The molecule has 0 atom stereocenters. The van der Waals surface area contributed by atoms with Crippen LogP contribution in [0.15, 0.2) is 4.47 Å². The van der Waals surface area contributed by atoms with Gasteiger partial charge in [-0.15, -0.1) is 0 Å². The fourth-order valence-corrected chi connectivity index (χ4v) is 1.64. The third-order valence-electron chi connectivity index (χ3n) is 2.35. The van der Waals surface area contributed by atoms with Gasteiger partial charge in [0, 0.05) is 6.04 Å². The molecule has 0 aliphatic heterocycles. The van der Waals surface area contributed by atoms with Gasteiger partial charge in [0.05, 0.1) is 4.47 Å². The summed E-state index contributed by atoms with van der Waals surface area (Å²) in [4.78, 5) is 11.4. The van der Waals surface area contributed by atoms with Crippen LogP contribution >= 0.6 is 15.9 Å². The normalized spacial score (nSPS) is 14.9. The molecule has 0 unspecified atom stereocenters. The van der Waals surface area contributed by atoms with E-state index >= 15 is 0 Å². The Balaban J connectivity index is 2.48. The minimum atomic E-state index is -1.70. The zero-order valence-electron chi connectivity index (χ0n) is 8.29. The number of carbonyl (C=O) groups excluding carboxylic acids is 1. The van der Waals surface area contributed by atoms with Crippen molar-refractivity contribution in [2.24, 2.45) is 0 Å². The van der Waals surface area contributed by atoms with Crippen molar-refractivity contribution in [2.45, 2.75) is 18.9 Å². The molecular formula is C10H6BrF4NO. The minimum absolute atomic E-state index is 0.170. The molecule has 1 aromatic carbocycles. The summed E-state index contributed by atoms with van der Waals surface area (Å²) in [6.45, 7) is 0. The second kappa shape index (κ2) is 4.29. The van der Waals surface area contributed by atoms with Crippen LogP contribution in [0.2, 0.25) is 0 Å². The van der Waals surface area contributed by atoms with Crippen molar-refractivity contribution in [1.29, 1.82) is 0 Å². The predicted octanol–water partition coefficient (Wildman–Crippen LogP) is 2.90. The molecule has 1 aromatic rings. The maximum Gasteiger partial charge on any atom is 0.257 e. The molecule has 17 heavy (non-hydrogen) atoms. The van der Waals surface area contributed by atoms with E-state index in [1.54, 1.807) is 0 Å². The average Bonchev–Trinajstić information content (AvgIpc) is 3.08. The first kappa shape index (κ1) is 12.3. The highest BCUT2D eigenvalue weighted by atomic mass is 79.9. The van der Waals surface area contributed by atoms with E-state index in [-0.39, 0.29) is 6.04 Å². The van der Waals surface area contributed by atoms with Gasteiger partial charge in [-0.2, -0.15) is 0 Å². The van der Waals surface area contributed by atoms with Crippen LogP contribution < -0.4 is 5.32 Å². The summed E-state index contributed by atoms with van der Waals surface area (Å²) >= 11 is 2.37. The highest BCUT2D eigenvalue weighted by molar-refractivity contribution is 9.10. The van der Waals surface area contributed by atoms with Gasteiger partial charge in [0.15, 0.2) is 23.3 Å². The van der Waals surface area contributed by atoms with Crippen LogP contribution in [0.5, 0.6) is 0 Å². The Morgan fingerprint density at radius 3 is 1.94 bits per heavy atom. The van der Waals surface area contributed by atoms with Gasteiger partial charge in [0.1, 0.15) is 5.56 Å². The molecule has 1 N–H and O–H groups in total. The second-order valence-corrected chi connectivity index (χ2v) is 4.49. The average molecular weight is 312 g/mol. The molecule has 2 nitrogen and oxygen atoms in total. The zero-order valence-corrected chi connectivity index (χ0v) is 9.88. The lowest BCUT2D eigenvalue weighted by Crippen LogP contribution is -2.28. The van der Waals surface area contributed by atoms with E-state index in [9.17, 15) is 22.4 Å². The van der Waals surface area contributed by atoms with Gasteiger partial charge in [-0.05, 0) is 28.8 Å². The SMILES string of the molecule is O=C(NC1CC1)c1c(F)c(F)c(Br)c(F)c1F. The first-order valence-electron chi connectivity index (χ1n) is 4.75. The topological polar surface area (TPSA) is 29.1 Å². The van der Waals surface area contributed by atoms with E-state index < -0.39 is 39.2 Å². The van der Waals surface area contributed by atoms with Crippen molar-refractivity contribution in [3.63, 3.8) is 0 Å². The molecule has 0 saturated heterocycles. The summed E-state index contributed by atoms with van der Waals surface area (Å²) < 4.78 is 52.0. The maximum absolute atomic E-state index is 13.4. The number of halogens is 5. The van der Waals surface area contributed by atoms with Gasteiger partial charge in [-0.1, -0.05) is 0 Å². The Morgan fingerprint density at radius 1 is 1.06 bits per heavy atom. The first-order chi connectivity index (χ1) is 7.93. The van der Waals surface area contributed by atoms with Crippen molar-refractivity contribution >= 4 is 21.8 Å². The van der Waals surface area contributed by atoms with Gasteiger partial charge in [0.2, 0.25) is 0 Å². The summed E-state index contributed by atoms with van der Waals surface area (Å²) in [5.41, 5.74) is -1.23. The monoisotopic (exact) mass is 311 g/mol. The summed E-state index contributed by atoms with van der Waals surface area (Å²) in [6.07, 6.45) is 1.38. The highest BCUT2D eigenvalue weighted by Gasteiger charge is 2.31. The van der Waals surface area contributed by atoms with E-state index in [1.165, 1.54) is 0 Å². The molecule has 7 heteroatoms. The second-order valence-electron chi connectivity index (χ2n) is 3.69. The predicted molar refractivity (Wildman–Crippen MR) is 54.5 cm³/mol. The van der Waals surface area contributed by atoms with Crippen LogP contribution in [-0.2, 0) is 0 Å². The number of benzene rings is 1. The van der Waals surface area contributed by atoms with Gasteiger partial charge in [0.25, 0.3) is 5.91 Å². The van der Waals surface area contributed by atoms with Crippen LogP contribution in [0.4, 0.5) is 17.6 Å². The zero-order chi connectivity index (χ0) is 12.7. The van der Waals surface area contributed by atoms with Crippen LogP contribution in [0.25, 0.3) is 0 Å². The number of amides is 1. The molecule has 0 heterocycles. The Bertz CT molecular complexity index is 473. The molecule has 1 amide bonds. The highest BCUT2D eigenvalue weighted by Crippen LogP contribution is 2.29. The van der Waals surface area contributed by atoms with E-state index in [4.69, 9.17) is 0 Å². The molecule has 92 valence electrons. The van der Waals surface area contributed by atoms with Gasteiger partial charge in [-0.3, -0.25) is 4.79 Å². The Hall–Kier alpha value is -1.11. The maximum atomic E-state index is 13.4. The van der Waals surface area contributed by atoms with Crippen LogP contribution in [-0.4, -0.2) is 11.9 Å². The van der Waals surface area contributed by atoms with Crippen molar-refractivity contribution < 1.29 is 22.4 Å². The fourth-order valence-electron chi connectivity index (χ4n) is 1.29. The van der Waals surface area contributed by atoms with Crippen LogP contribution in [0.3, 0.4) is 0 Å². The molecule has 0 bridgehead atoms. The first-order valence-corrected chi connectivity index (χ1v) is 5.55. The number of carbonyl (C=O) groups is 1. The fraction of sp³-hybridized carbons (Fsp3) is 0.300. The lowest BCUT2D eigenvalue weighted by molar-refractivity contribution is 0.0940. The van der Waals surface area contributed by atoms with E-state index in [0.717, 1.165) is 0 Å². The molecule has 1 saturated carbocycles. The molecule has 0 spiro atoms. The van der Waals surface area contributed by atoms with Crippen LogP contribution in [0.1, 0.15) is 23.2 Å². The third kappa shape index (κ3) is 2.15. The number of rotatable bonds is 2. The molecule has 1 fully saturated rings. The van der Waals surface area contributed by atoms with E-state index in [1.807, 2.05) is 0 Å². The standard InChI is InChI=1S/C10H6BrF4NO/c11-5-8(14)6(12)4(7(13)9(5)15)10(17)16-3-1-2-3/h3H,1-2H2,(H,16,17). The Kier molecular flexibility index (Phi) is 3.11. The molecule has 2 rings (SSSR count). The van der Waals surface area contributed by atoms with Gasteiger partial charge in [-0.25, -0.2) is 17.6 Å². The summed E-state index contributed by atoms with van der Waals surface area (Å²) in [7, 11) is 0. The van der Waals surface area contributed by atoms with Crippen molar-refractivity contribution in [3.8, 4) is 0 Å². The largest absolute Gasteiger partial charge is 0.349 e. The molecule has 0 aromatic heterocycles. The molecule has 0 radical (unpaired) electrons. The van der Waals surface area contributed by atoms with Crippen molar-refractivity contribution in [1.82, 2.24) is 5.32 Å². The molecule has 1 aliphatic carbocycles. The smallest absolute Gasteiger partial charge is 0.257 e. The van der Waals surface area contributed by atoms with E-state index in [2.05, 4.69) is 21.2 Å². The van der Waals surface area contributed by atoms with Crippen molar-refractivity contribution in [3.05, 3.63) is 33.3 Å². The molecule has 1 aliphatic rings. The number of hydrogen-bond donors (Lipinski definition) is 1. The summed E-state index contributed by atoms with van der Waals surface area (Å²) in [5.74, 6) is -7.79. The number of nitrogens with one attached hydrogen (secondary N) is 1. The molecular weight excluding hydrogens is 306 g/mol. The van der Waals surface area contributed by atoms with Gasteiger partial charge >= 0.3 is 0 Å². The van der Waals surface area contributed by atoms with Crippen molar-refractivity contribution in [2.75, 3.05) is 0 Å². The Morgan fingerprint density at radius 2 is 1.53 bits per heavy atom. The summed E-state index contributed by atoms with van der Waals surface area (Å²) in [5, 5.41) is 2.26. The quantitative estimate of drug-likeness (QED) is 0.508. The lowest BCUT2D eigenvalue weighted by Gasteiger charge is -2.08. The van der Waals surface area contributed by atoms with E-state index in [0.29, 0.717) is 12.8 Å². The Labute approximate surface area is 102 Å². The lowest BCUT2D eigenvalue weighted by atomic mass is 10.1. The number of hydrogen-bond acceptors (Lipinski definition) is 1. The van der Waals surface area contributed by atoms with Crippen LogP contribution in [0, 0.1) is 23.3 Å². The third-order valence-corrected chi connectivity index (χ3v) is 3.05.